The summed E-state index contributed by atoms with van der Waals surface area (Å²) in [5.74, 6) is 0.473. The van der Waals surface area contributed by atoms with Gasteiger partial charge in [0.2, 0.25) is 5.91 Å². The summed E-state index contributed by atoms with van der Waals surface area (Å²) >= 11 is 1.65. The molecule has 0 bridgehead atoms. The quantitative estimate of drug-likeness (QED) is 0.726. The highest BCUT2D eigenvalue weighted by Crippen LogP contribution is 2.34. The summed E-state index contributed by atoms with van der Waals surface area (Å²) in [5, 5.41) is 0.865. The van der Waals surface area contributed by atoms with Crippen molar-refractivity contribution >= 4 is 45.0 Å². The molecule has 27 heavy (non-hydrogen) atoms. The van der Waals surface area contributed by atoms with Gasteiger partial charge >= 0.3 is 0 Å². The predicted octanol–water partition coefficient (Wildman–Crippen LogP) is 3.88. The van der Waals surface area contributed by atoms with Crippen molar-refractivity contribution in [3.63, 3.8) is 0 Å². The fourth-order valence-electron chi connectivity index (χ4n) is 3.59. The summed E-state index contributed by atoms with van der Waals surface area (Å²) in [6.45, 7) is 7.50. The lowest BCUT2D eigenvalue weighted by Crippen LogP contribution is -2.42. The number of hydrogen-bond acceptors (Lipinski definition) is 5. The molecule has 2 aliphatic rings. The van der Waals surface area contributed by atoms with Gasteiger partial charge < -0.3 is 4.74 Å². The van der Waals surface area contributed by atoms with E-state index in [2.05, 4.69) is 30.0 Å². The fraction of sp³-hybridized carbons (Fsp3) is 0.600. The van der Waals surface area contributed by atoms with E-state index in [1.165, 1.54) is 16.7 Å². The minimum Gasteiger partial charge on any atom is -0.379 e. The van der Waals surface area contributed by atoms with Crippen LogP contribution in [0.3, 0.4) is 0 Å². The van der Waals surface area contributed by atoms with Crippen molar-refractivity contribution < 1.29 is 9.53 Å². The second-order valence-electron chi connectivity index (χ2n) is 7.39. The molecule has 2 aromatic rings. The molecule has 0 radical (unpaired) electrons. The van der Waals surface area contributed by atoms with Gasteiger partial charge in [-0.15, -0.1) is 12.4 Å². The van der Waals surface area contributed by atoms with Gasteiger partial charge in [0.25, 0.3) is 0 Å². The Morgan fingerprint density at radius 1 is 1.33 bits per heavy atom. The van der Waals surface area contributed by atoms with E-state index in [9.17, 15) is 4.79 Å². The Balaban J connectivity index is 0.00000210. The first-order valence-electron chi connectivity index (χ1n) is 9.69. The number of amides is 1. The number of morpholine rings is 1. The molecule has 0 unspecified atom stereocenters. The van der Waals surface area contributed by atoms with Gasteiger partial charge in [0.1, 0.15) is 0 Å². The average Bonchev–Trinajstić information content (AvgIpc) is 3.00. The Bertz CT molecular complexity index is 772. The number of ether oxygens (including phenoxy) is 1. The highest BCUT2D eigenvalue weighted by molar-refractivity contribution is 7.22. The van der Waals surface area contributed by atoms with Crippen molar-refractivity contribution in [2.24, 2.45) is 5.92 Å². The van der Waals surface area contributed by atoms with Gasteiger partial charge in [-0.25, -0.2) is 4.98 Å². The number of hydrogen-bond donors (Lipinski definition) is 0. The largest absolute Gasteiger partial charge is 0.379 e. The highest BCUT2D eigenvalue weighted by atomic mass is 35.5. The van der Waals surface area contributed by atoms with E-state index < -0.39 is 0 Å². The summed E-state index contributed by atoms with van der Waals surface area (Å²) in [6, 6.07) is 6.31. The van der Waals surface area contributed by atoms with Crippen molar-refractivity contribution in [3.8, 4) is 0 Å². The van der Waals surface area contributed by atoms with Gasteiger partial charge in [0.05, 0.1) is 23.4 Å². The lowest BCUT2D eigenvalue weighted by atomic mass is 9.84. The first kappa shape index (κ1) is 20.5. The van der Waals surface area contributed by atoms with Crippen LogP contribution in [-0.4, -0.2) is 55.2 Å². The number of aromatic nitrogens is 1. The number of rotatable bonds is 6. The van der Waals surface area contributed by atoms with Gasteiger partial charge in [0.15, 0.2) is 5.13 Å². The molecule has 2 fully saturated rings. The van der Waals surface area contributed by atoms with Gasteiger partial charge in [-0.3, -0.25) is 14.6 Å². The zero-order valence-corrected chi connectivity index (χ0v) is 17.5. The second kappa shape index (κ2) is 9.32. The van der Waals surface area contributed by atoms with Crippen LogP contribution >= 0.6 is 23.7 Å². The maximum atomic E-state index is 13.0. The Hall–Kier alpha value is -1.21. The molecule has 1 amide bonds. The van der Waals surface area contributed by atoms with E-state index in [1.54, 1.807) is 11.3 Å². The Morgan fingerprint density at radius 2 is 2.11 bits per heavy atom. The van der Waals surface area contributed by atoms with E-state index >= 15 is 0 Å². The molecule has 0 N–H and O–H groups in total. The van der Waals surface area contributed by atoms with Crippen LogP contribution in [0.4, 0.5) is 5.13 Å². The van der Waals surface area contributed by atoms with Crippen molar-refractivity contribution in [3.05, 3.63) is 23.8 Å². The second-order valence-corrected chi connectivity index (χ2v) is 8.40. The Labute approximate surface area is 171 Å². The van der Waals surface area contributed by atoms with E-state index in [0.29, 0.717) is 0 Å². The monoisotopic (exact) mass is 409 g/mol. The molecule has 4 rings (SSSR count). The van der Waals surface area contributed by atoms with Crippen LogP contribution in [0.5, 0.6) is 0 Å². The summed E-state index contributed by atoms with van der Waals surface area (Å²) in [5.41, 5.74) is 2.23. The van der Waals surface area contributed by atoms with Crippen LogP contribution < -0.4 is 4.90 Å². The number of fused-ring (bicyclic) bond motifs is 1. The highest BCUT2D eigenvalue weighted by Gasteiger charge is 2.31. The fourth-order valence-corrected chi connectivity index (χ4v) is 4.68. The number of carbonyl (C=O) groups excluding carboxylic acids is 1. The number of carbonyl (C=O) groups is 1. The first-order chi connectivity index (χ1) is 12.7. The molecular formula is C20H28ClN3O2S. The number of aryl methyl sites for hydroxylation is 1. The lowest BCUT2D eigenvalue weighted by molar-refractivity contribution is -0.124. The molecule has 1 aromatic heterocycles. The molecule has 1 aromatic carbocycles. The molecular weight excluding hydrogens is 382 g/mol. The standard InChI is InChI=1S/C20H27N3O2S.ClH/c1-15-6-7-17-18(14-15)26-20(21-17)23(19(24)16-4-2-5-16)9-3-8-22-10-12-25-13-11-22;/h6-7,14,16H,2-5,8-13H2,1H3;1H. The first-order valence-corrected chi connectivity index (χ1v) is 10.5. The maximum Gasteiger partial charge on any atom is 0.231 e. The molecule has 5 nitrogen and oxygen atoms in total. The molecule has 0 atom stereocenters. The minimum absolute atomic E-state index is 0. The maximum absolute atomic E-state index is 13.0. The van der Waals surface area contributed by atoms with Crippen LogP contribution in [0.15, 0.2) is 18.2 Å². The summed E-state index contributed by atoms with van der Waals surface area (Å²) in [4.78, 5) is 22.2. The zero-order chi connectivity index (χ0) is 17.9. The molecule has 1 aliphatic carbocycles. The number of thiazole rings is 1. The van der Waals surface area contributed by atoms with Crippen LogP contribution in [0.2, 0.25) is 0 Å². The van der Waals surface area contributed by atoms with Crippen molar-refractivity contribution in [2.75, 3.05) is 44.3 Å². The van der Waals surface area contributed by atoms with E-state index in [1.807, 2.05) is 4.90 Å². The number of halogens is 1. The Kier molecular flexibility index (Phi) is 7.09. The number of benzene rings is 1. The Morgan fingerprint density at radius 3 is 2.81 bits per heavy atom. The smallest absolute Gasteiger partial charge is 0.231 e. The molecule has 0 spiro atoms. The predicted molar refractivity (Wildman–Crippen MR) is 113 cm³/mol. The van der Waals surface area contributed by atoms with Crippen LogP contribution in [-0.2, 0) is 9.53 Å². The van der Waals surface area contributed by atoms with E-state index in [0.717, 1.165) is 69.3 Å². The minimum atomic E-state index is 0. The van der Waals surface area contributed by atoms with Crippen molar-refractivity contribution in [1.29, 1.82) is 0 Å². The van der Waals surface area contributed by atoms with E-state index in [4.69, 9.17) is 9.72 Å². The third-order valence-electron chi connectivity index (χ3n) is 5.44. The van der Waals surface area contributed by atoms with Crippen LogP contribution in [0, 0.1) is 12.8 Å². The normalized spacial score (nSPS) is 18.1. The summed E-state index contributed by atoms with van der Waals surface area (Å²) in [6.07, 6.45) is 4.22. The molecule has 148 valence electrons. The lowest BCUT2D eigenvalue weighted by Gasteiger charge is -2.31. The SMILES string of the molecule is Cc1ccc2nc(N(CCCN3CCOCC3)C(=O)C3CCC3)sc2c1.Cl. The zero-order valence-electron chi connectivity index (χ0n) is 15.9. The summed E-state index contributed by atoms with van der Waals surface area (Å²) < 4.78 is 6.58. The summed E-state index contributed by atoms with van der Waals surface area (Å²) in [7, 11) is 0. The van der Waals surface area contributed by atoms with Crippen molar-refractivity contribution in [2.45, 2.75) is 32.6 Å². The van der Waals surface area contributed by atoms with Gasteiger partial charge in [0, 0.05) is 32.1 Å². The molecule has 1 aliphatic heterocycles. The third-order valence-corrected chi connectivity index (χ3v) is 6.48. The van der Waals surface area contributed by atoms with Crippen LogP contribution in [0.25, 0.3) is 10.2 Å². The molecule has 1 saturated carbocycles. The third kappa shape index (κ3) is 4.80. The number of anilines is 1. The van der Waals surface area contributed by atoms with Crippen molar-refractivity contribution in [1.82, 2.24) is 9.88 Å². The molecule has 7 heteroatoms. The topological polar surface area (TPSA) is 45.7 Å². The van der Waals surface area contributed by atoms with Gasteiger partial charge in [-0.2, -0.15) is 0 Å². The van der Waals surface area contributed by atoms with Gasteiger partial charge in [-0.1, -0.05) is 23.8 Å². The van der Waals surface area contributed by atoms with Crippen LogP contribution in [0.1, 0.15) is 31.2 Å². The van der Waals surface area contributed by atoms with Gasteiger partial charge in [-0.05, 0) is 43.9 Å². The average molecular weight is 410 g/mol. The molecule has 2 heterocycles. The molecule has 1 saturated heterocycles. The van der Waals surface area contributed by atoms with E-state index in [-0.39, 0.29) is 24.2 Å². The number of nitrogens with zero attached hydrogens (tertiary/aromatic N) is 3.